The minimum absolute atomic E-state index is 0.110. The molecule has 0 aromatic heterocycles. The Labute approximate surface area is 139 Å². The van der Waals surface area contributed by atoms with E-state index in [-0.39, 0.29) is 18.1 Å². The number of carbonyl (C=O) groups is 1. The van der Waals surface area contributed by atoms with Gasteiger partial charge in [-0.2, -0.15) is 0 Å². The lowest BCUT2D eigenvalue weighted by Gasteiger charge is -2.42. The van der Waals surface area contributed by atoms with Gasteiger partial charge in [-0.3, -0.25) is 0 Å². The second-order valence-electron chi connectivity index (χ2n) is 7.65. The van der Waals surface area contributed by atoms with Crippen molar-refractivity contribution < 1.29 is 14.6 Å². The van der Waals surface area contributed by atoms with Crippen LogP contribution in [0.25, 0.3) is 0 Å². The van der Waals surface area contributed by atoms with Crippen LogP contribution in [-0.4, -0.2) is 41.4 Å². The highest BCUT2D eigenvalue weighted by Gasteiger charge is 2.37. The second-order valence-corrected chi connectivity index (χ2v) is 7.65. The van der Waals surface area contributed by atoms with Gasteiger partial charge in [0.25, 0.3) is 0 Å². The van der Waals surface area contributed by atoms with Crippen molar-refractivity contribution in [1.82, 2.24) is 4.90 Å². The van der Waals surface area contributed by atoms with Crippen LogP contribution in [0.4, 0.5) is 4.79 Å². The molecule has 1 aliphatic heterocycles. The Bertz CT molecular complexity index is 509. The molecule has 1 saturated heterocycles. The zero-order valence-electron chi connectivity index (χ0n) is 14.5. The van der Waals surface area contributed by atoms with Crippen LogP contribution in [0.1, 0.15) is 45.6 Å². The van der Waals surface area contributed by atoms with E-state index in [0.29, 0.717) is 13.1 Å². The summed E-state index contributed by atoms with van der Waals surface area (Å²) in [6, 6.07) is 10.3. The zero-order valence-corrected chi connectivity index (χ0v) is 14.5. The van der Waals surface area contributed by atoms with Gasteiger partial charge in [-0.15, -0.1) is 0 Å². The molecule has 23 heavy (non-hydrogen) atoms. The third-order valence-corrected chi connectivity index (χ3v) is 4.44. The average molecular weight is 319 g/mol. The van der Waals surface area contributed by atoms with E-state index in [1.165, 1.54) is 5.56 Å². The van der Waals surface area contributed by atoms with E-state index in [2.05, 4.69) is 12.1 Å². The summed E-state index contributed by atoms with van der Waals surface area (Å²) in [4.78, 5) is 14.1. The van der Waals surface area contributed by atoms with Gasteiger partial charge < -0.3 is 14.7 Å². The van der Waals surface area contributed by atoms with Crippen molar-refractivity contribution in [2.45, 2.75) is 52.1 Å². The number of amides is 1. The van der Waals surface area contributed by atoms with E-state index < -0.39 is 5.60 Å². The van der Waals surface area contributed by atoms with Crippen LogP contribution in [0.2, 0.25) is 0 Å². The number of nitrogens with zero attached hydrogens (tertiary/aromatic N) is 1. The number of rotatable bonds is 4. The van der Waals surface area contributed by atoms with Crippen molar-refractivity contribution in [3.63, 3.8) is 0 Å². The molecule has 0 saturated carbocycles. The zero-order chi connectivity index (χ0) is 16.9. The van der Waals surface area contributed by atoms with Crippen molar-refractivity contribution in [3.8, 4) is 0 Å². The second kappa shape index (κ2) is 7.35. The van der Waals surface area contributed by atoms with Gasteiger partial charge in [-0.05, 0) is 52.0 Å². The molecule has 1 fully saturated rings. The fraction of sp³-hybridized carbons (Fsp3) is 0.632. The smallest absolute Gasteiger partial charge is 0.410 e. The summed E-state index contributed by atoms with van der Waals surface area (Å²) in [6.07, 6.45) is 3.40. The molecule has 0 spiro atoms. The van der Waals surface area contributed by atoms with Gasteiger partial charge in [0.2, 0.25) is 0 Å². The predicted molar refractivity (Wildman–Crippen MR) is 91.3 cm³/mol. The Morgan fingerprint density at radius 2 is 2.00 bits per heavy atom. The molecule has 1 atom stereocenters. The molecule has 1 aliphatic rings. The third kappa shape index (κ3) is 5.24. The van der Waals surface area contributed by atoms with E-state index in [1.54, 1.807) is 4.90 Å². The SMILES string of the molecule is CC(C)(C)OC(=O)N1CCCC(CO)(CCc2ccccc2)C1. The first-order valence-electron chi connectivity index (χ1n) is 8.46. The number of benzene rings is 1. The van der Waals surface area contributed by atoms with Crippen LogP contribution in [0, 0.1) is 5.41 Å². The van der Waals surface area contributed by atoms with Crippen molar-refractivity contribution in [1.29, 1.82) is 0 Å². The van der Waals surface area contributed by atoms with Crippen molar-refractivity contribution in [3.05, 3.63) is 35.9 Å². The predicted octanol–water partition coefficient (Wildman–Crippen LogP) is 3.63. The lowest BCUT2D eigenvalue weighted by Crippen LogP contribution is -2.49. The standard InChI is InChI=1S/C19H29NO3/c1-18(2,3)23-17(22)20-13-7-11-19(14-20,15-21)12-10-16-8-5-4-6-9-16/h4-6,8-9,21H,7,10-15H2,1-3H3. The van der Waals surface area contributed by atoms with Gasteiger partial charge in [0, 0.05) is 18.5 Å². The molecule has 4 heteroatoms. The molecule has 2 rings (SSSR count). The summed E-state index contributed by atoms with van der Waals surface area (Å²) < 4.78 is 5.48. The number of hydrogen-bond donors (Lipinski definition) is 1. The largest absolute Gasteiger partial charge is 0.444 e. The fourth-order valence-electron chi connectivity index (χ4n) is 3.16. The molecule has 0 radical (unpaired) electrons. The van der Waals surface area contributed by atoms with Gasteiger partial charge in [0.1, 0.15) is 5.60 Å². The monoisotopic (exact) mass is 319 g/mol. The number of aryl methyl sites for hydroxylation is 1. The average Bonchev–Trinajstić information content (AvgIpc) is 2.53. The van der Waals surface area contributed by atoms with Crippen molar-refractivity contribution >= 4 is 6.09 Å². The Morgan fingerprint density at radius 3 is 2.61 bits per heavy atom. The lowest BCUT2D eigenvalue weighted by atomic mass is 9.76. The van der Waals surface area contributed by atoms with E-state index in [0.717, 1.165) is 25.7 Å². The Morgan fingerprint density at radius 1 is 1.30 bits per heavy atom. The third-order valence-electron chi connectivity index (χ3n) is 4.44. The topological polar surface area (TPSA) is 49.8 Å². The first kappa shape index (κ1) is 17.8. The molecular weight excluding hydrogens is 290 g/mol. The van der Waals surface area contributed by atoms with Crippen LogP contribution in [0.15, 0.2) is 30.3 Å². The molecule has 1 aromatic carbocycles. The van der Waals surface area contributed by atoms with E-state index in [1.807, 2.05) is 39.0 Å². The quantitative estimate of drug-likeness (QED) is 0.922. The number of aliphatic hydroxyl groups excluding tert-OH is 1. The number of ether oxygens (including phenoxy) is 1. The Kier molecular flexibility index (Phi) is 5.69. The molecule has 0 bridgehead atoms. The molecule has 4 nitrogen and oxygen atoms in total. The van der Waals surface area contributed by atoms with Gasteiger partial charge in [-0.25, -0.2) is 4.79 Å². The highest BCUT2D eigenvalue weighted by atomic mass is 16.6. The van der Waals surface area contributed by atoms with Gasteiger partial charge in [0.15, 0.2) is 0 Å². The minimum atomic E-state index is -0.486. The Hall–Kier alpha value is -1.55. The number of aliphatic hydroxyl groups is 1. The fourth-order valence-corrected chi connectivity index (χ4v) is 3.16. The van der Waals surface area contributed by atoms with Crippen LogP contribution < -0.4 is 0 Å². The Balaban J connectivity index is 1.99. The molecule has 1 heterocycles. The first-order chi connectivity index (χ1) is 10.8. The van der Waals surface area contributed by atoms with Crippen LogP contribution in [-0.2, 0) is 11.2 Å². The maximum Gasteiger partial charge on any atom is 0.410 e. The highest BCUT2D eigenvalue weighted by Crippen LogP contribution is 2.35. The summed E-state index contributed by atoms with van der Waals surface area (Å²) in [5, 5.41) is 9.97. The summed E-state index contributed by atoms with van der Waals surface area (Å²) in [5.74, 6) is 0. The van der Waals surface area contributed by atoms with Crippen molar-refractivity contribution in [2.75, 3.05) is 19.7 Å². The van der Waals surface area contributed by atoms with Crippen LogP contribution >= 0.6 is 0 Å². The lowest BCUT2D eigenvalue weighted by molar-refractivity contribution is -0.0109. The normalized spacial score (nSPS) is 22.0. The molecule has 1 amide bonds. The maximum atomic E-state index is 12.3. The van der Waals surface area contributed by atoms with Gasteiger partial charge in [0.05, 0.1) is 6.61 Å². The minimum Gasteiger partial charge on any atom is -0.444 e. The molecule has 0 aliphatic carbocycles. The summed E-state index contributed by atoms with van der Waals surface area (Å²) in [7, 11) is 0. The molecule has 1 unspecified atom stereocenters. The molecular formula is C19H29NO3. The summed E-state index contributed by atoms with van der Waals surface area (Å²) in [6.45, 7) is 7.03. The summed E-state index contributed by atoms with van der Waals surface area (Å²) in [5.41, 5.74) is 0.570. The van der Waals surface area contributed by atoms with E-state index in [4.69, 9.17) is 4.74 Å². The van der Waals surface area contributed by atoms with E-state index in [9.17, 15) is 9.90 Å². The number of carbonyl (C=O) groups excluding carboxylic acids is 1. The van der Waals surface area contributed by atoms with Crippen molar-refractivity contribution in [2.24, 2.45) is 5.41 Å². The molecule has 1 aromatic rings. The molecule has 128 valence electrons. The number of likely N-dealkylation sites (tertiary alicyclic amines) is 1. The summed E-state index contributed by atoms with van der Waals surface area (Å²) >= 11 is 0. The van der Waals surface area contributed by atoms with Crippen LogP contribution in [0.3, 0.4) is 0 Å². The first-order valence-corrected chi connectivity index (χ1v) is 8.46. The number of piperidine rings is 1. The van der Waals surface area contributed by atoms with Crippen LogP contribution in [0.5, 0.6) is 0 Å². The highest BCUT2D eigenvalue weighted by molar-refractivity contribution is 5.68. The van der Waals surface area contributed by atoms with E-state index >= 15 is 0 Å². The maximum absolute atomic E-state index is 12.3. The van der Waals surface area contributed by atoms with Gasteiger partial charge >= 0.3 is 6.09 Å². The van der Waals surface area contributed by atoms with Gasteiger partial charge in [-0.1, -0.05) is 30.3 Å². The molecule has 1 N–H and O–H groups in total. The number of hydrogen-bond acceptors (Lipinski definition) is 3.